The molecule has 0 spiro atoms. The molecule has 3 nitrogen and oxygen atoms in total. The molecule has 0 amide bonds. The third kappa shape index (κ3) is 3.65. The van der Waals surface area contributed by atoms with Crippen molar-refractivity contribution in [3.63, 3.8) is 0 Å². The molecule has 2 N–H and O–H groups in total. The highest BCUT2D eigenvalue weighted by Gasteiger charge is 2.39. The van der Waals surface area contributed by atoms with Crippen molar-refractivity contribution in [3.8, 4) is 0 Å². The van der Waals surface area contributed by atoms with Gasteiger partial charge < -0.3 is 15.4 Å². The van der Waals surface area contributed by atoms with Crippen molar-refractivity contribution in [2.24, 2.45) is 17.1 Å². The summed E-state index contributed by atoms with van der Waals surface area (Å²) in [5, 5.41) is 0. The first-order chi connectivity index (χ1) is 10.2. The second-order valence-corrected chi connectivity index (χ2v) is 7.18. The molecule has 1 aromatic rings. The fraction of sp³-hybridized carbons (Fsp3) is 0.667. The number of benzene rings is 1. The lowest BCUT2D eigenvalue weighted by molar-refractivity contribution is 0.0951. The largest absolute Gasteiger partial charge is 0.379 e. The molecular formula is C18H28N2O. The average molecular weight is 288 g/mol. The highest BCUT2D eigenvalue weighted by Crippen LogP contribution is 2.30. The van der Waals surface area contributed by atoms with Gasteiger partial charge in [0.05, 0.1) is 13.2 Å². The van der Waals surface area contributed by atoms with Gasteiger partial charge in [0.2, 0.25) is 0 Å². The van der Waals surface area contributed by atoms with Crippen LogP contribution in [-0.4, -0.2) is 43.8 Å². The summed E-state index contributed by atoms with van der Waals surface area (Å²) in [6, 6.07) is 11.1. The van der Waals surface area contributed by atoms with Gasteiger partial charge in [-0.15, -0.1) is 0 Å². The van der Waals surface area contributed by atoms with Crippen LogP contribution in [0, 0.1) is 11.3 Å². The zero-order valence-corrected chi connectivity index (χ0v) is 13.1. The van der Waals surface area contributed by atoms with E-state index in [2.05, 4.69) is 42.2 Å². The van der Waals surface area contributed by atoms with Crippen LogP contribution in [0.2, 0.25) is 0 Å². The van der Waals surface area contributed by atoms with Gasteiger partial charge in [-0.25, -0.2) is 0 Å². The highest BCUT2D eigenvalue weighted by atomic mass is 16.5. The topological polar surface area (TPSA) is 38.5 Å². The van der Waals surface area contributed by atoms with E-state index in [-0.39, 0.29) is 11.5 Å². The van der Waals surface area contributed by atoms with Gasteiger partial charge in [-0.2, -0.15) is 0 Å². The van der Waals surface area contributed by atoms with Gasteiger partial charge in [0.25, 0.3) is 0 Å². The Balaban J connectivity index is 1.47. The molecule has 3 heteroatoms. The fourth-order valence-electron chi connectivity index (χ4n) is 3.70. The third-order valence-corrected chi connectivity index (χ3v) is 5.28. The predicted octanol–water partition coefficient (Wildman–Crippen LogP) is 2.30. The van der Waals surface area contributed by atoms with Crippen molar-refractivity contribution in [1.29, 1.82) is 0 Å². The Labute approximate surface area is 128 Å². The molecule has 2 unspecified atom stereocenters. The van der Waals surface area contributed by atoms with Crippen molar-refractivity contribution < 1.29 is 4.74 Å². The molecule has 0 radical (unpaired) electrons. The Morgan fingerprint density at radius 1 is 1.24 bits per heavy atom. The van der Waals surface area contributed by atoms with Crippen molar-refractivity contribution in [2.45, 2.75) is 32.2 Å². The number of likely N-dealkylation sites (tertiary alicyclic amines) is 1. The molecule has 2 aliphatic rings. The molecule has 2 atom stereocenters. The first-order valence-corrected chi connectivity index (χ1v) is 8.25. The standard InChI is InChI=1S/C18H28N2O/c1-18(14-21-12-17(18)19)13-20-9-7-16(8-10-20)11-15-5-3-2-4-6-15/h2-6,16-17H,7-14,19H2,1H3. The van der Waals surface area contributed by atoms with E-state index < -0.39 is 0 Å². The van der Waals surface area contributed by atoms with Crippen molar-refractivity contribution >= 4 is 0 Å². The molecule has 3 rings (SSSR count). The van der Waals surface area contributed by atoms with Crippen LogP contribution >= 0.6 is 0 Å². The van der Waals surface area contributed by atoms with E-state index in [1.54, 1.807) is 0 Å². The minimum atomic E-state index is 0.145. The van der Waals surface area contributed by atoms with Crippen LogP contribution in [0.1, 0.15) is 25.3 Å². The van der Waals surface area contributed by atoms with Crippen LogP contribution in [0.3, 0.4) is 0 Å². The molecule has 2 saturated heterocycles. The van der Waals surface area contributed by atoms with Crippen molar-refractivity contribution in [2.75, 3.05) is 32.8 Å². The molecule has 2 aliphatic heterocycles. The molecule has 0 aromatic heterocycles. The highest BCUT2D eigenvalue weighted by molar-refractivity contribution is 5.15. The summed E-state index contributed by atoms with van der Waals surface area (Å²) in [5.74, 6) is 0.838. The van der Waals surface area contributed by atoms with Crippen LogP contribution in [0.25, 0.3) is 0 Å². The fourth-order valence-corrected chi connectivity index (χ4v) is 3.70. The maximum Gasteiger partial charge on any atom is 0.0624 e. The van der Waals surface area contributed by atoms with Gasteiger partial charge in [0.1, 0.15) is 0 Å². The Morgan fingerprint density at radius 3 is 2.57 bits per heavy atom. The Kier molecular flexibility index (Phi) is 4.63. The second-order valence-electron chi connectivity index (χ2n) is 7.18. The average Bonchev–Trinajstić information content (AvgIpc) is 2.82. The maximum absolute atomic E-state index is 6.21. The molecule has 1 aromatic carbocycles. The molecule has 21 heavy (non-hydrogen) atoms. The summed E-state index contributed by atoms with van der Waals surface area (Å²) in [7, 11) is 0. The van der Waals surface area contributed by atoms with Gasteiger partial charge in [0.15, 0.2) is 0 Å². The maximum atomic E-state index is 6.21. The van der Waals surface area contributed by atoms with Gasteiger partial charge in [-0.05, 0) is 43.8 Å². The number of nitrogens with zero attached hydrogens (tertiary/aromatic N) is 1. The predicted molar refractivity (Wildman–Crippen MR) is 86.2 cm³/mol. The number of hydrogen-bond acceptors (Lipinski definition) is 3. The SMILES string of the molecule is CC1(CN2CCC(Cc3ccccc3)CC2)COCC1N. The minimum absolute atomic E-state index is 0.145. The number of rotatable bonds is 4. The van der Waals surface area contributed by atoms with Crippen LogP contribution < -0.4 is 5.73 Å². The summed E-state index contributed by atoms with van der Waals surface area (Å²) in [4.78, 5) is 2.59. The van der Waals surface area contributed by atoms with Gasteiger partial charge in [-0.1, -0.05) is 37.3 Å². The third-order valence-electron chi connectivity index (χ3n) is 5.28. The summed E-state index contributed by atoms with van der Waals surface area (Å²) >= 11 is 0. The minimum Gasteiger partial charge on any atom is -0.379 e. The Morgan fingerprint density at radius 2 is 1.95 bits per heavy atom. The molecular weight excluding hydrogens is 260 g/mol. The summed E-state index contributed by atoms with van der Waals surface area (Å²) in [5.41, 5.74) is 7.83. The lowest BCUT2D eigenvalue weighted by atomic mass is 9.83. The normalized spacial score (nSPS) is 31.6. The summed E-state index contributed by atoms with van der Waals surface area (Å²) in [6.07, 6.45) is 3.84. The number of piperidine rings is 1. The molecule has 2 fully saturated rings. The number of ether oxygens (including phenoxy) is 1. The van der Waals surface area contributed by atoms with E-state index in [0.29, 0.717) is 0 Å². The van der Waals surface area contributed by atoms with Crippen molar-refractivity contribution in [1.82, 2.24) is 4.90 Å². The van der Waals surface area contributed by atoms with E-state index in [0.717, 1.165) is 25.7 Å². The Bertz CT molecular complexity index is 442. The van der Waals surface area contributed by atoms with Gasteiger partial charge in [0, 0.05) is 18.0 Å². The zero-order valence-electron chi connectivity index (χ0n) is 13.1. The quantitative estimate of drug-likeness (QED) is 0.924. The lowest BCUT2D eigenvalue weighted by Gasteiger charge is -2.38. The van der Waals surface area contributed by atoms with E-state index in [4.69, 9.17) is 10.5 Å². The smallest absolute Gasteiger partial charge is 0.0624 e. The molecule has 116 valence electrons. The van der Waals surface area contributed by atoms with E-state index >= 15 is 0 Å². The zero-order chi connectivity index (χ0) is 14.7. The molecule has 0 bridgehead atoms. The molecule has 2 heterocycles. The molecule has 0 saturated carbocycles. The summed E-state index contributed by atoms with van der Waals surface area (Å²) < 4.78 is 5.56. The molecule has 0 aliphatic carbocycles. The van der Waals surface area contributed by atoms with Gasteiger partial charge >= 0.3 is 0 Å². The van der Waals surface area contributed by atoms with Crippen molar-refractivity contribution in [3.05, 3.63) is 35.9 Å². The van der Waals surface area contributed by atoms with Crippen LogP contribution in [0.15, 0.2) is 30.3 Å². The number of hydrogen-bond donors (Lipinski definition) is 1. The van der Waals surface area contributed by atoms with E-state index in [1.807, 2.05) is 0 Å². The lowest BCUT2D eigenvalue weighted by Crippen LogP contribution is -2.48. The first kappa shape index (κ1) is 15.0. The van der Waals surface area contributed by atoms with Gasteiger partial charge in [-0.3, -0.25) is 0 Å². The van der Waals surface area contributed by atoms with Crippen LogP contribution in [-0.2, 0) is 11.2 Å². The van der Waals surface area contributed by atoms with E-state index in [1.165, 1.54) is 37.9 Å². The second kappa shape index (κ2) is 6.47. The van der Waals surface area contributed by atoms with E-state index in [9.17, 15) is 0 Å². The number of nitrogens with two attached hydrogens (primary N) is 1. The monoisotopic (exact) mass is 288 g/mol. The van der Waals surface area contributed by atoms with Crippen LogP contribution in [0.5, 0.6) is 0 Å². The summed E-state index contributed by atoms with van der Waals surface area (Å²) in [6.45, 7) is 7.33. The Hall–Kier alpha value is -0.900. The first-order valence-electron chi connectivity index (χ1n) is 8.25. The van der Waals surface area contributed by atoms with Crippen LogP contribution in [0.4, 0.5) is 0 Å².